The first-order valence-corrected chi connectivity index (χ1v) is 6.11. The standard InChI is InChI=1S/C14H8F3N3O2/c15-14(16,17)9-4-2-1-3-8(9)10-5-6-20-7-18-11(13(21)22)12(20)19-10/h1-7H,(H,21,22). The number of hydrogen-bond acceptors (Lipinski definition) is 3. The third-order valence-corrected chi connectivity index (χ3v) is 3.10. The predicted octanol–water partition coefficient (Wildman–Crippen LogP) is 3.11. The van der Waals surface area contributed by atoms with Gasteiger partial charge < -0.3 is 5.11 Å². The second kappa shape index (κ2) is 4.83. The van der Waals surface area contributed by atoms with Gasteiger partial charge in [-0.25, -0.2) is 14.8 Å². The Morgan fingerprint density at radius 1 is 1.18 bits per heavy atom. The molecule has 0 atom stereocenters. The molecule has 8 heteroatoms. The molecule has 0 saturated heterocycles. The summed E-state index contributed by atoms with van der Waals surface area (Å²) in [6, 6.07) is 6.37. The molecule has 1 N–H and O–H groups in total. The largest absolute Gasteiger partial charge is 0.476 e. The van der Waals surface area contributed by atoms with E-state index in [2.05, 4.69) is 9.97 Å². The third-order valence-electron chi connectivity index (χ3n) is 3.10. The summed E-state index contributed by atoms with van der Waals surface area (Å²) < 4.78 is 40.5. The second-order valence-electron chi connectivity index (χ2n) is 4.49. The van der Waals surface area contributed by atoms with E-state index in [0.717, 1.165) is 6.07 Å². The van der Waals surface area contributed by atoms with Gasteiger partial charge in [-0.15, -0.1) is 0 Å². The van der Waals surface area contributed by atoms with E-state index in [4.69, 9.17) is 5.11 Å². The van der Waals surface area contributed by atoms with Crippen molar-refractivity contribution in [1.82, 2.24) is 14.4 Å². The summed E-state index contributed by atoms with van der Waals surface area (Å²) in [5.74, 6) is -1.30. The Hall–Kier alpha value is -2.90. The molecule has 112 valence electrons. The average Bonchev–Trinajstić information content (AvgIpc) is 2.89. The van der Waals surface area contributed by atoms with Crippen LogP contribution in [0.2, 0.25) is 0 Å². The summed E-state index contributed by atoms with van der Waals surface area (Å²) in [5.41, 5.74) is -1.24. The highest BCUT2D eigenvalue weighted by Crippen LogP contribution is 2.36. The number of carbonyl (C=O) groups is 1. The topological polar surface area (TPSA) is 67.5 Å². The molecule has 3 aromatic rings. The van der Waals surface area contributed by atoms with Gasteiger partial charge >= 0.3 is 12.1 Å². The van der Waals surface area contributed by atoms with Gasteiger partial charge in [0.1, 0.15) is 6.33 Å². The van der Waals surface area contributed by atoms with Crippen LogP contribution in [0.25, 0.3) is 16.9 Å². The number of benzene rings is 1. The molecule has 2 aromatic heterocycles. The van der Waals surface area contributed by atoms with Gasteiger partial charge in [0.15, 0.2) is 11.3 Å². The first kappa shape index (κ1) is 14.1. The van der Waals surface area contributed by atoms with E-state index in [0.29, 0.717) is 0 Å². The minimum atomic E-state index is -4.53. The van der Waals surface area contributed by atoms with E-state index in [-0.39, 0.29) is 22.6 Å². The second-order valence-corrected chi connectivity index (χ2v) is 4.49. The number of hydrogen-bond donors (Lipinski definition) is 1. The molecule has 0 bridgehead atoms. The normalized spacial score (nSPS) is 11.8. The van der Waals surface area contributed by atoms with Gasteiger partial charge in [-0.2, -0.15) is 13.2 Å². The Balaban J connectivity index is 2.23. The Bertz CT molecular complexity index is 871. The van der Waals surface area contributed by atoms with Crippen molar-refractivity contribution in [1.29, 1.82) is 0 Å². The maximum Gasteiger partial charge on any atom is 0.417 e. The Kier molecular flexibility index (Phi) is 3.09. The average molecular weight is 307 g/mol. The van der Waals surface area contributed by atoms with Crippen LogP contribution in [0.3, 0.4) is 0 Å². The fraction of sp³-hybridized carbons (Fsp3) is 0.0714. The lowest BCUT2D eigenvalue weighted by atomic mass is 10.0. The SMILES string of the molecule is O=C(O)c1ncn2ccc(-c3ccccc3C(F)(F)F)nc12. The number of carboxylic acid groups (broad SMARTS) is 1. The Labute approximate surface area is 121 Å². The summed E-state index contributed by atoms with van der Waals surface area (Å²) in [5, 5.41) is 9.02. The summed E-state index contributed by atoms with van der Waals surface area (Å²) in [7, 11) is 0. The molecule has 2 heterocycles. The fourth-order valence-corrected chi connectivity index (χ4v) is 2.13. The van der Waals surface area contributed by atoms with E-state index < -0.39 is 17.7 Å². The number of carboxylic acids is 1. The van der Waals surface area contributed by atoms with E-state index >= 15 is 0 Å². The molecule has 0 fully saturated rings. The molecule has 5 nitrogen and oxygen atoms in total. The van der Waals surface area contributed by atoms with Gasteiger partial charge in [-0.3, -0.25) is 4.40 Å². The minimum absolute atomic E-state index is 0.0121. The number of aromatic nitrogens is 3. The fourth-order valence-electron chi connectivity index (χ4n) is 2.13. The van der Waals surface area contributed by atoms with Crippen molar-refractivity contribution >= 4 is 11.6 Å². The van der Waals surface area contributed by atoms with Gasteiger partial charge in [-0.1, -0.05) is 18.2 Å². The molecular formula is C14H8F3N3O2. The number of halogens is 3. The summed E-state index contributed by atoms with van der Waals surface area (Å²) in [4.78, 5) is 18.8. The monoisotopic (exact) mass is 307 g/mol. The van der Waals surface area contributed by atoms with Crippen LogP contribution in [0.5, 0.6) is 0 Å². The van der Waals surface area contributed by atoms with Crippen LogP contribution < -0.4 is 0 Å². The molecule has 0 spiro atoms. The predicted molar refractivity (Wildman–Crippen MR) is 70.4 cm³/mol. The highest BCUT2D eigenvalue weighted by molar-refractivity contribution is 5.92. The number of alkyl halides is 3. The van der Waals surface area contributed by atoms with Gasteiger partial charge in [0, 0.05) is 11.8 Å². The van der Waals surface area contributed by atoms with Gasteiger partial charge in [0.05, 0.1) is 11.3 Å². The van der Waals surface area contributed by atoms with Crippen molar-refractivity contribution in [3.8, 4) is 11.3 Å². The van der Waals surface area contributed by atoms with E-state index in [1.807, 2.05) is 0 Å². The number of aromatic carboxylic acids is 1. The molecule has 22 heavy (non-hydrogen) atoms. The molecule has 3 rings (SSSR count). The lowest BCUT2D eigenvalue weighted by Crippen LogP contribution is -2.08. The number of fused-ring (bicyclic) bond motifs is 1. The number of nitrogens with zero attached hydrogens (tertiary/aromatic N) is 3. The zero-order valence-electron chi connectivity index (χ0n) is 10.9. The lowest BCUT2D eigenvalue weighted by Gasteiger charge is -2.12. The van der Waals surface area contributed by atoms with Crippen LogP contribution in [0.1, 0.15) is 16.1 Å². The van der Waals surface area contributed by atoms with Gasteiger partial charge in [0.2, 0.25) is 0 Å². The van der Waals surface area contributed by atoms with Crippen LogP contribution >= 0.6 is 0 Å². The highest BCUT2D eigenvalue weighted by atomic mass is 19.4. The smallest absolute Gasteiger partial charge is 0.417 e. The molecule has 1 aromatic carbocycles. The first-order valence-electron chi connectivity index (χ1n) is 6.11. The van der Waals surface area contributed by atoms with Crippen LogP contribution in [0.4, 0.5) is 13.2 Å². The van der Waals surface area contributed by atoms with Gasteiger partial charge in [0.25, 0.3) is 0 Å². The Morgan fingerprint density at radius 3 is 2.59 bits per heavy atom. The first-order chi connectivity index (χ1) is 10.4. The van der Waals surface area contributed by atoms with E-state index in [1.54, 1.807) is 0 Å². The number of rotatable bonds is 2. The quantitative estimate of drug-likeness (QED) is 0.790. The highest BCUT2D eigenvalue weighted by Gasteiger charge is 2.33. The zero-order chi connectivity index (χ0) is 15.9. The molecular weight excluding hydrogens is 299 g/mol. The zero-order valence-corrected chi connectivity index (χ0v) is 10.9. The van der Waals surface area contributed by atoms with Crippen molar-refractivity contribution in [3.63, 3.8) is 0 Å². The van der Waals surface area contributed by atoms with Crippen LogP contribution in [0.15, 0.2) is 42.9 Å². The van der Waals surface area contributed by atoms with Crippen molar-refractivity contribution in [2.24, 2.45) is 0 Å². The maximum atomic E-state index is 13.1. The molecule has 0 aliphatic heterocycles. The molecule has 0 radical (unpaired) electrons. The maximum absolute atomic E-state index is 13.1. The van der Waals surface area contributed by atoms with E-state index in [1.165, 1.54) is 41.2 Å². The molecule has 0 amide bonds. The van der Waals surface area contributed by atoms with Crippen LogP contribution in [-0.2, 0) is 6.18 Å². The van der Waals surface area contributed by atoms with Crippen LogP contribution in [0, 0.1) is 0 Å². The molecule has 0 aliphatic carbocycles. The summed E-state index contributed by atoms with van der Waals surface area (Å²) in [6.07, 6.45) is -1.87. The molecule has 0 aliphatic rings. The van der Waals surface area contributed by atoms with Crippen LogP contribution in [-0.4, -0.2) is 25.4 Å². The summed E-state index contributed by atoms with van der Waals surface area (Å²) in [6.45, 7) is 0. The molecule has 0 unspecified atom stereocenters. The van der Waals surface area contributed by atoms with Gasteiger partial charge in [-0.05, 0) is 12.1 Å². The number of imidazole rings is 1. The minimum Gasteiger partial charge on any atom is -0.476 e. The van der Waals surface area contributed by atoms with E-state index in [9.17, 15) is 18.0 Å². The third kappa shape index (κ3) is 2.28. The Morgan fingerprint density at radius 2 is 1.91 bits per heavy atom. The van der Waals surface area contributed by atoms with Crippen molar-refractivity contribution in [2.75, 3.05) is 0 Å². The van der Waals surface area contributed by atoms with Crippen molar-refractivity contribution in [2.45, 2.75) is 6.18 Å². The molecule has 0 saturated carbocycles. The lowest BCUT2D eigenvalue weighted by molar-refractivity contribution is -0.137. The summed E-state index contributed by atoms with van der Waals surface area (Å²) >= 11 is 0. The van der Waals surface area contributed by atoms with Crippen molar-refractivity contribution < 1.29 is 23.1 Å². The van der Waals surface area contributed by atoms with Crippen molar-refractivity contribution in [3.05, 3.63) is 54.1 Å².